The molecule has 1 aliphatic carbocycles. The van der Waals surface area contributed by atoms with E-state index in [0.717, 1.165) is 25.4 Å². The van der Waals surface area contributed by atoms with Crippen LogP contribution in [0, 0.1) is 11.8 Å². The van der Waals surface area contributed by atoms with E-state index in [-0.39, 0.29) is 12.6 Å². The van der Waals surface area contributed by atoms with Crippen LogP contribution in [0.25, 0.3) is 11.7 Å². The highest BCUT2D eigenvalue weighted by atomic mass is 16.5. The molecule has 2 atom stereocenters. The van der Waals surface area contributed by atoms with Gasteiger partial charge in [0, 0.05) is 13.1 Å². The number of aromatic nitrogens is 2. The molecule has 2 aromatic heterocycles. The first kappa shape index (κ1) is 15.2. The molecule has 2 fully saturated rings. The number of fused-ring (bicyclic) bond motifs is 1. The summed E-state index contributed by atoms with van der Waals surface area (Å²) in [5.74, 6) is 2.79. The molecule has 1 N–H and O–H groups in total. The molecule has 7 heteroatoms. The minimum Gasteiger partial charge on any atom is -0.459 e. The largest absolute Gasteiger partial charge is 0.459 e. The van der Waals surface area contributed by atoms with E-state index in [2.05, 4.69) is 15.5 Å². The number of amides is 2. The highest BCUT2D eigenvalue weighted by molar-refractivity contribution is 5.74. The van der Waals surface area contributed by atoms with Gasteiger partial charge in [0.1, 0.15) is 0 Å². The topological polar surface area (TPSA) is 84.4 Å². The number of furan rings is 1. The van der Waals surface area contributed by atoms with Crippen molar-refractivity contribution in [1.29, 1.82) is 0 Å². The van der Waals surface area contributed by atoms with E-state index in [1.54, 1.807) is 18.4 Å². The van der Waals surface area contributed by atoms with Crippen LogP contribution in [-0.2, 0) is 6.54 Å². The maximum Gasteiger partial charge on any atom is 0.317 e. The number of nitrogens with one attached hydrogen (secondary N) is 1. The number of hydrogen-bond donors (Lipinski definition) is 1. The van der Waals surface area contributed by atoms with Crippen LogP contribution in [0.5, 0.6) is 0 Å². The summed E-state index contributed by atoms with van der Waals surface area (Å²) in [6.45, 7) is 1.98. The Labute approximate surface area is 140 Å². The number of hydrogen-bond acceptors (Lipinski definition) is 5. The third-order valence-electron chi connectivity index (χ3n) is 5.18. The number of likely N-dealkylation sites (tertiary alicyclic amines) is 1. The lowest BCUT2D eigenvalue weighted by atomic mass is 9.75. The molecule has 128 valence electrons. The molecule has 1 saturated carbocycles. The summed E-state index contributed by atoms with van der Waals surface area (Å²) < 4.78 is 10.3. The third-order valence-corrected chi connectivity index (χ3v) is 5.18. The molecule has 1 aliphatic heterocycles. The minimum atomic E-state index is -0.0385. The molecule has 0 radical (unpaired) electrons. The van der Waals surface area contributed by atoms with E-state index in [1.165, 1.54) is 25.7 Å². The van der Waals surface area contributed by atoms with Gasteiger partial charge in [0.25, 0.3) is 5.89 Å². The van der Waals surface area contributed by atoms with Crippen LogP contribution in [0.4, 0.5) is 4.79 Å². The quantitative estimate of drug-likeness (QED) is 0.935. The van der Waals surface area contributed by atoms with E-state index in [0.29, 0.717) is 23.4 Å². The Kier molecular flexibility index (Phi) is 4.23. The second-order valence-corrected chi connectivity index (χ2v) is 6.69. The van der Waals surface area contributed by atoms with Crippen molar-refractivity contribution >= 4 is 6.03 Å². The third kappa shape index (κ3) is 3.16. The van der Waals surface area contributed by atoms with Crippen molar-refractivity contribution in [3.8, 4) is 11.7 Å². The monoisotopic (exact) mass is 330 g/mol. The number of piperidine rings is 1. The number of carbonyl (C=O) groups excluding carboxylic acids is 1. The van der Waals surface area contributed by atoms with E-state index in [1.807, 2.05) is 4.90 Å². The van der Waals surface area contributed by atoms with Gasteiger partial charge in [0.15, 0.2) is 11.6 Å². The van der Waals surface area contributed by atoms with Gasteiger partial charge in [-0.05, 0) is 36.8 Å². The lowest BCUT2D eigenvalue weighted by molar-refractivity contribution is 0.102. The predicted molar refractivity (Wildman–Crippen MR) is 85.9 cm³/mol. The van der Waals surface area contributed by atoms with Gasteiger partial charge in [-0.3, -0.25) is 0 Å². The zero-order chi connectivity index (χ0) is 16.4. The van der Waals surface area contributed by atoms with Crippen molar-refractivity contribution in [2.45, 2.75) is 38.6 Å². The van der Waals surface area contributed by atoms with E-state index in [4.69, 9.17) is 8.94 Å². The molecule has 7 nitrogen and oxygen atoms in total. The van der Waals surface area contributed by atoms with Crippen LogP contribution in [0.15, 0.2) is 27.3 Å². The summed E-state index contributed by atoms with van der Waals surface area (Å²) in [5.41, 5.74) is 0. The Balaban J connectivity index is 1.30. The van der Waals surface area contributed by atoms with Crippen molar-refractivity contribution in [3.63, 3.8) is 0 Å². The Morgan fingerprint density at radius 1 is 1.29 bits per heavy atom. The molecule has 0 bridgehead atoms. The van der Waals surface area contributed by atoms with Crippen LogP contribution >= 0.6 is 0 Å². The molecule has 1 saturated heterocycles. The Morgan fingerprint density at radius 3 is 3.00 bits per heavy atom. The van der Waals surface area contributed by atoms with Gasteiger partial charge in [-0.15, -0.1) is 0 Å². The molecule has 2 aliphatic rings. The molecule has 0 unspecified atom stereocenters. The van der Waals surface area contributed by atoms with Gasteiger partial charge in [-0.2, -0.15) is 4.98 Å². The average molecular weight is 330 g/mol. The highest BCUT2D eigenvalue weighted by Gasteiger charge is 2.32. The van der Waals surface area contributed by atoms with Crippen molar-refractivity contribution in [2.75, 3.05) is 13.1 Å². The standard InChI is InChI=1S/C17H22N4O3/c22-17(21-8-7-12-4-1-2-5-13(12)11-21)18-10-15-19-16(24-20-15)14-6-3-9-23-14/h3,6,9,12-13H,1-2,4-5,7-8,10-11H2,(H,18,22)/t12-,13-/m0/s1. The smallest absolute Gasteiger partial charge is 0.317 e. The lowest BCUT2D eigenvalue weighted by Gasteiger charge is -2.41. The summed E-state index contributed by atoms with van der Waals surface area (Å²) in [7, 11) is 0. The van der Waals surface area contributed by atoms with Crippen LogP contribution in [0.3, 0.4) is 0 Å². The zero-order valence-corrected chi connectivity index (χ0v) is 13.6. The maximum atomic E-state index is 12.4. The summed E-state index contributed by atoms with van der Waals surface area (Å²) >= 11 is 0. The van der Waals surface area contributed by atoms with Crippen molar-refractivity contribution in [1.82, 2.24) is 20.4 Å². The zero-order valence-electron chi connectivity index (χ0n) is 13.6. The minimum absolute atomic E-state index is 0.0385. The van der Waals surface area contributed by atoms with E-state index < -0.39 is 0 Å². The van der Waals surface area contributed by atoms with Crippen LogP contribution in [0.2, 0.25) is 0 Å². The summed E-state index contributed by atoms with van der Waals surface area (Å²) in [4.78, 5) is 18.6. The van der Waals surface area contributed by atoms with E-state index >= 15 is 0 Å². The van der Waals surface area contributed by atoms with Gasteiger partial charge >= 0.3 is 6.03 Å². The van der Waals surface area contributed by atoms with E-state index in [9.17, 15) is 4.79 Å². The van der Waals surface area contributed by atoms with Gasteiger partial charge in [0.05, 0.1) is 12.8 Å². The van der Waals surface area contributed by atoms with Gasteiger partial charge < -0.3 is 19.2 Å². The Morgan fingerprint density at radius 2 is 2.17 bits per heavy atom. The first-order chi connectivity index (χ1) is 11.8. The summed E-state index contributed by atoms with van der Waals surface area (Å²) in [6.07, 6.45) is 7.92. The normalized spacial score (nSPS) is 23.8. The van der Waals surface area contributed by atoms with Crippen molar-refractivity contribution in [3.05, 3.63) is 24.2 Å². The molecule has 4 rings (SSSR count). The molecule has 2 aromatic rings. The SMILES string of the molecule is O=C(NCc1noc(-c2ccco2)n1)N1CC[C@@H]2CCCC[C@H]2C1. The summed E-state index contributed by atoms with van der Waals surface area (Å²) in [5, 5.41) is 6.77. The van der Waals surface area contributed by atoms with Gasteiger partial charge in [0.2, 0.25) is 0 Å². The Bertz CT molecular complexity index is 682. The molecule has 24 heavy (non-hydrogen) atoms. The fourth-order valence-corrected chi connectivity index (χ4v) is 3.88. The molecular weight excluding hydrogens is 308 g/mol. The maximum absolute atomic E-state index is 12.4. The van der Waals surface area contributed by atoms with Gasteiger partial charge in [-0.25, -0.2) is 4.79 Å². The summed E-state index contributed by atoms with van der Waals surface area (Å²) in [6, 6.07) is 3.48. The van der Waals surface area contributed by atoms with Crippen LogP contribution in [-0.4, -0.2) is 34.2 Å². The second-order valence-electron chi connectivity index (χ2n) is 6.69. The Hall–Kier alpha value is -2.31. The van der Waals surface area contributed by atoms with Crippen LogP contribution in [0.1, 0.15) is 37.9 Å². The molecule has 0 spiro atoms. The molecule has 0 aromatic carbocycles. The first-order valence-corrected chi connectivity index (χ1v) is 8.69. The van der Waals surface area contributed by atoms with Gasteiger partial charge in [-0.1, -0.05) is 24.4 Å². The lowest BCUT2D eigenvalue weighted by Crippen LogP contribution is -2.48. The molecule has 2 amide bonds. The van der Waals surface area contributed by atoms with Crippen molar-refractivity contribution in [2.24, 2.45) is 11.8 Å². The van der Waals surface area contributed by atoms with Crippen LogP contribution < -0.4 is 5.32 Å². The molecular formula is C17H22N4O3. The number of carbonyl (C=O) groups is 1. The number of urea groups is 1. The average Bonchev–Trinajstić information content (AvgIpc) is 3.30. The fourth-order valence-electron chi connectivity index (χ4n) is 3.88. The van der Waals surface area contributed by atoms with Crippen molar-refractivity contribution < 1.29 is 13.7 Å². The number of nitrogens with zero attached hydrogens (tertiary/aromatic N) is 3. The fraction of sp³-hybridized carbons (Fsp3) is 0.588. The molecule has 3 heterocycles. The first-order valence-electron chi connectivity index (χ1n) is 8.69. The highest BCUT2D eigenvalue weighted by Crippen LogP contribution is 2.35. The second kappa shape index (κ2) is 6.67. The predicted octanol–water partition coefficient (Wildman–Crippen LogP) is 3.05. The number of rotatable bonds is 3.